The molecule has 1 heterocycles. The molecule has 1 saturated heterocycles. The lowest BCUT2D eigenvalue weighted by Crippen LogP contribution is -2.34. The summed E-state index contributed by atoms with van der Waals surface area (Å²) in [6, 6.07) is 19.6. The van der Waals surface area contributed by atoms with Crippen molar-refractivity contribution >= 4 is 51.5 Å². The minimum Gasteiger partial charge on any atom is -0.494 e. The molecule has 1 atom stereocenters. The van der Waals surface area contributed by atoms with Crippen molar-refractivity contribution in [3.63, 3.8) is 0 Å². The van der Waals surface area contributed by atoms with Crippen molar-refractivity contribution in [3.05, 3.63) is 98.0 Å². The Kier molecular flexibility index (Phi) is 7.39. The van der Waals surface area contributed by atoms with Gasteiger partial charge in [-0.05, 0) is 48.4 Å². The van der Waals surface area contributed by atoms with Gasteiger partial charge in [-0.2, -0.15) is 0 Å². The van der Waals surface area contributed by atoms with Crippen molar-refractivity contribution in [1.29, 1.82) is 0 Å². The first kappa shape index (κ1) is 23.4. The van der Waals surface area contributed by atoms with Crippen molar-refractivity contribution in [2.45, 2.75) is 18.8 Å². The average molecular weight is 503 g/mol. The van der Waals surface area contributed by atoms with E-state index in [9.17, 15) is 10.1 Å². The number of thioether (sulfide) groups is 1. The van der Waals surface area contributed by atoms with E-state index in [1.54, 1.807) is 30.3 Å². The van der Waals surface area contributed by atoms with Gasteiger partial charge in [0.2, 0.25) is 0 Å². The van der Waals surface area contributed by atoms with E-state index in [0.29, 0.717) is 34.1 Å². The number of ether oxygens (including phenoxy) is 1. The molecule has 7 nitrogen and oxygen atoms in total. The number of aliphatic imine (C=N–C) groups is 1. The smallest absolute Gasteiger partial charge is 0.269 e. The van der Waals surface area contributed by atoms with E-state index in [1.807, 2.05) is 42.3 Å². The van der Waals surface area contributed by atoms with Crippen LogP contribution in [0.3, 0.4) is 0 Å². The first-order valence-electron chi connectivity index (χ1n) is 10.1. The SMILES string of the molecule is CCOc1cccc(C2NN(Cc3cccc([N+](=O)[O-])c3)C(=Nc3ccc(Cl)c(Cl)c3)S2)c1. The summed E-state index contributed by atoms with van der Waals surface area (Å²) in [5.74, 6) is 0.789. The van der Waals surface area contributed by atoms with E-state index < -0.39 is 4.92 Å². The lowest BCUT2D eigenvalue weighted by atomic mass is 10.2. The van der Waals surface area contributed by atoms with E-state index in [2.05, 4.69) is 5.43 Å². The molecule has 1 unspecified atom stereocenters. The monoisotopic (exact) mass is 502 g/mol. The third-order valence-corrected chi connectivity index (χ3v) is 6.66. The number of hydrogen-bond donors (Lipinski definition) is 1. The maximum absolute atomic E-state index is 11.2. The number of nitro groups is 1. The van der Waals surface area contributed by atoms with Gasteiger partial charge >= 0.3 is 0 Å². The summed E-state index contributed by atoms with van der Waals surface area (Å²) in [4.78, 5) is 15.6. The number of hydrazine groups is 1. The van der Waals surface area contributed by atoms with Gasteiger partial charge in [-0.25, -0.2) is 10.4 Å². The van der Waals surface area contributed by atoms with Gasteiger partial charge in [0.1, 0.15) is 11.1 Å². The van der Waals surface area contributed by atoms with Crippen LogP contribution in [-0.4, -0.2) is 21.7 Å². The van der Waals surface area contributed by atoms with Crippen molar-refractivity contribution < 1.29 is 9.66 Å². The molecule has 0 spiro atoms. The van der Waals surface area contributed by atoms with E-state index in [-0.39, 0.29) is 11.1 Å². The maximum Gasteiger partial charge on any atom is 0.269 e. The van der Waals surface area contributed by atoms with Crippen molar-refractivity contribution in [1.82, 2.24) is 10.4 Å². The Morgan fingerprint density at radius 1 is 1.12 bits per heavy atom. The zero-order valence-electron chi connectivity index (χ0n) is 17.6. The standard InChI is InChI=1S/C23H20Cl2N4O3S/c1-2-32-19-8-4-6-16(12-19)22-27-28(14-15-5-3-7-18(11-15)29(30)31)23(33-22)26-17-9-10-20(24)21(25)13-17/h3-13,22,27H,2,14H2,1H3. The van der Waals surface area contributed by atoms with Crippen LogP contribution in [0, 0.1) is 10.1 Å². The predicted molar refractivity (Wildman–Crippen MR) is 133 cm³/mol. The quantitative estimate of drug-likeness (QED) is 0.284. The Balaban J connectivity index is 1.65. The number of hydrogen-bond acceptors (Lipinski definition) is 6. The third kappa shape index (κ3) is 5.78. The second-order valence-electron chi connectivity index (χ2n) is 7.14. The Labute approximate surface area is 205 Å². The Morgan fingerprint density at radius 2 is 1.94 bits per heavy atom. The first-order chi connectivity index (χ1) is 15.9. The highest BCUT2D eigenvalue weighted by molar-refractivity contribution is 8.14. The van der Waals surface area contributed by atoms with Crippen molar-refractivity contribution in [3.8, 4) is 5.75 Å². The lowest BCUT2D eigenvalue weighted by Gasteiger charge is -2.19. The minimum absolute atomic E-state index is 0.0447. The van der Waals surface area contributed by atoms with Gasteiger partial charge in [-0.1, -0.05) is 59.2 Å². The van der Waals surface area contributed by atoms with E-state index >= 15 is 0 Å². The van der Waals surface area contributed by atoms with Crippen LogP contribution in [0.1, 0.15) is 23.4 Å². The van der Waals surface area contributed by atoms with Crippen molar-refractivity contribution in [2.75, 3.05) is 6.61 Å². The first-order valence-corrected chi connectivity index (χ1v) is 11.8. The molecule has 170 valence electrons. The van der Waals surface area contributed by atoms with Crippen LogP contribution in [-0.2, 0) is 6.54 Å². The zero-order chi connectivity index (χ0) is 23.4. The number of nitro benzene ring substituents is 1. The van der Waals surface area contributed by atoms with E-state index in [0.717, 1.165) is 16.9 Å². The van der Waals surface area contributed by atoms with Crippen LogP contribution in [0.4, 0.5) is 11.4 Å². The molecular weight excluding hydrogens is 483 g/mol. The summed E-state index contributed by atoms with van der Waals surface area (Å²) >= 11 is 13.7. The largest absolute Gasteiger partial charge is 0.494 e. The summed E-state index contributed by atoms with van der Waals surface area (Å²) in [6.45, 7) is 2.91. The molecule has 1 N–H and O–H groups in total. The molecule has 0 radical (unpaired) electrons. The van der Waals surface area contributed by atoms with Crippen LogP contribution in [0.2, 0.25) is 10.0 Å². The number of benzene rings is 3. The molecule has 0 bridgehead atoms. The van der Waals surface area contributed by atoms with Crippen LogP contribution in [0.5, 0.6) is 5.75 Å². The summed E-state index contributed by atoms with van der Waals surface area (Å²) in [7, 11) is 0. The molecule has 33 heavy (non-hydrogen) atoms. The normalized spacial score (nSPS) is 16.9. The summed E-state index contributed by atoms with van der Waals surface area (Å²) in [5.41, 5.74) is 5.95. The number of rotatable bonds is 7. The van der Waals surface area contributed by atoms with Gasteiger partial charge < -0.3 is 4.74 Å². The van der Waals surface area contributed by atoms with Crippen LogP contribution >= 0.6 is 35.0 Å². The fraction of sp³-hybridized carbons (Fsp3) is 0.174. The molecule has 0 amide bonds. The molecule has 0 aliphatic carbocycles. The Hall–Kier alpha value is -2.78. The molecule has 3 aromatic carbocycles. The fourth-order valence-electron chi connectivity index (χ4n) is 3.28. The van der Waals surface area contributed by atoms with Gasteiger partial charge in [-0.3, -0.25) is 15.1 Å². The van der Waals surface area contributed by atoms with Gasteiger partial charge in [0.25, 0.3) is 5.69 Å². The van der Waals surface area contributed by atoms with Gasteiger partial charge in [0, 0.05) is 12.1 Å². The molecule has 1 fully saturated rings. The molecule has 0 saturated carbocycles. The topological polar surface area (TPSA) is 80.0 Å². The van der Waals surface area contributed by atoms with Crippen LogP contribution in [0.15, 0.2) is 71.7 Å². The number of halogens is 2. The maximum atomic E-state index is 11.2. The Morgan fingerprint density at radius 3 is 2.70 bits per heavy atom. The molecular formula is C23H20Cl2N4O3S. The molecule has 1 aliphatic rings. The fourth-order valence-corrected chi connectivity index (χ4v) is 4.65. The van der Waals surface area contributed by atoms with Crippen molar-refractivity contribution in [2.24, 2.45) is 4.99 Å². The number of amidine groups is 1. The molecule has 4 rings (SSSR count). The molecule has 1 aliphatic heterocycles. The highest BCUT2D eigenvalue weighted by Gasteiger charge is 2.30. The number of nitrogens with zero attached hydrogens (tertiary/aromatic N) is 3. The summed E-state index contributed by atoms with van der Waals surface area (Å²) in [6.07, 6.45) is 0. The second-order valence-corrected chi connectivity index (χ2v) is 9.03. The van der Waals surface area contributed by atoms with Gasteiger partial charge in [0.05, 0.1) is 33.8 Å². The third-order valence-electron chi connectivity index (χ3n) is 4.79. The Bertz CT molecular complexity index is 1210. The minimum atomic E-state index is -0.400. The number of nitrogens with one attached hydrogen (secondary N) is 1. The van der Waals surface area contributed by atoms with Gasteiger partial charge in [0.15, 0.2) is 5.17 Å². The second kappa shape index (κ2) is 10.4. The predicted octanol–water partition coefficient (Wildman–Crippen LogP) is 6.74. The van der Waals surface area contributed by atoms with E-state index in [1.165, 1.54) is 17.8 Å². The van der Waals surface area contributed by atoms with Crippen LogP contribution < -0.4 is 10.2 Å². The molecule has 10 heteroatoms. The van der Waals surface area contributed by atoms with E-state index in [4.69, 9.17) is 32.9 Å². The molecule has 3 aromatic rings. The summed E-state index contributed by atoms with van der Waals surface area (Å²) in [5, 5.41) is 14.5. The van der Waals surface area contributed by atoms with Gasteiger partial charge in [-0.15, -0.1) is 0 Å². The summed E-state index contributed by atoms with van der Waals surface area (Å²) < 4.78 is 5.64. The zero-order valence-corrected chi connectivity index (χ0v) is 19.9. The average Bonchev–Trinajstić information content (AvgIpc) is 3.19. The highest BCUT2D eigenvalue weighted by atomic mass is 35.5. The number of non-ortho nitro benzene ring substituents is 1. The lowest BCUT2D eigenvalue weighted by molar-refractivity contribution is -0.384. The van der Waals surface area contributed by atoms with Crippen LogP contribution in [0.25, 0.3) is 0 Å². The highest BCUT2D eigenvalue weighted by Crippen LogP contribution is 2.38. The molecule has 0 aromatic heterocycles.